The van der Waals surface area contributed by atoms with E-state index < -0.39 is 34.2 Å². The van der Waals surface area contributed by atoms with Gasteiger partial charge in [-0.25, -0.2) is 4.31 Å². The van der Waals surface area contributed by atoms with Crippen LogP contribution in [-0.4, -0.2) is 68.8 Å². The van der Waals surface area contributed by atoms with E-state index in [1.165, 1.54) is 19.0 Å². The minimum absolute atomic E-state index is 0.108. The lowest BCUT2D eigenvalue weighted by Gasteiger charge is -2.35. The first-order valence-corrected chi connectivity index (χ1v) is 13.2. The third kappa shape index (κ3) is 7.69. The van der Waals surface area contributed by atoms with Crippen LogP contribution < -0.4 is 14.4 Å². The normalized spacial score (nSPS) is 12.7. The highest BCUT2D eigenvalue weighted by Crippen LogP contribution is 2.22. The Balaban J connectivity index is 2.51. The highest BCUT2D eigenvalue weighted by atomic mass is 32.2. The van der Waals surface area contributed by atoms with Crippen molar-refractivity contribution in [2.24, 2.45) is 0 Å². The molecule has 1 atom stereocenters. The Labute approximate surface area is 215 Å². The molecule has 10 heteroatoms. The fourth-order valence-electron chi connectivity index (χ4n) is 3.65. The van der Waals surface area contributed by atoms with Crippen molar-refractivity contribution >= 4 is 27.7 Å². The number of methoxy groups -OCH3 is 1. The number of nitrogens with zero attached hydrogens (tertiary/aromatic N) is 3. The van der Waals surface area contributed by atoms with E-state index in [4.69, 9.17) is 4.74 Å². The molecule has 0 radical (unpaired) electrons. The zero-order chi connectivity index (χ0) is 27.1. The molecular weight excluding hydrogens is 480 g/mol. The number of carbonyl (C=O) groups excluding carboxylic acids is 2. The molecule has 0 bridgehead atoms. The number of hydrogen-bond donors (Lipinski definition) is 1. The van der Waals surface area contributed by atoms with Crippen LogP contribution in [-0.2, 0) is 26.3 Å². The first kappa shape index (κ1) is 29.1. The van der Waals surface area contributed by atoms with Crippen molar-refractivity contribution in [3.8, 4) is 5.75 Å². The SMILES string of the molecule is CCC(C(=O)NC(C)(C)C)N(Cc1cccc(OC)c1)C(=O)CN(c1ccccc1)S(=O)(=O)N(C)C. The fraction of sp³-hybridized carbons (Fsp3) is 0.462. The monoisotopic (exact) mass is 518 g/mol. The Morgan fingerprint density at radius 2 is 1.67 bits per heavy atom. The highest BCUT2D eigenvalue weighted by Gasteiger charge is 2.34. The first-order chi connectivity index (χ1) is 16.8. The molecule has 1 N–H and O–H groups in total. The predicted octanol–water partition coefficient (Wildman–Crippen LogP) is 3.03. The molecule has 9 nitrogen and oxygen atoms in total. The minimum atomic E-state index is -3.99. The number of benzene rings is 2. The largest absolute Gasteiger partial charge is 0.497 e. The number of rotatable bonds is 11. The van der Waals surface area contributed by atoms with Crippen LogP contribution >= 0.6 is 0 Å². The van der Waals surface area contributed by atoms with Crippen LogP contribution in [0.1, 0.15) is 39.7 Å². The maximum atomic E-state index is 13.8. The Morgan fingerprint density at radius 1 is 1.03 bits per heavy atom. The van der Waals surface area contributed by atoms with E-state index in [-0.39, 0.29) is 12.5 Å². The van der Waals surface area contributed by atoms with Crippen molar-refractivity contribution in [3.05, 3.63) is 60.2 Å². The average molecular weight is 519 g/mol. The van der Waals surface area contributed by atoms with Gasteiger partial charge >= 0.3 is 10.2 Å². The van der Waals surface area contributed by atoms with Gasteiger partial charge in [0.1, 0.15) is 18.3 Å². The van der Waals surface area contributed by atoms with Gasteiger partial charge in [-0.05, 0) is 57.0 Å². The summed E-state index contributed by atoms with van der Waals surface area (Å²) in [5, 5.41) is 2.95. The number of hydrogen-bond acceptors (Lipinski definition) is 5. The van der Waals surface area contributed by atoms with Gasteiger partial charge in [0.15, 0.2) is 0 Å². The lowest BCUT2D eigenvalue weighted by Crippen LogP contribution is -2.55. The second kappa shape index (κ2) is 12.2. The van der Waals surface area contributed by atoms with E-state index >= 15 is 0 Å². The van der Waals surface area contributed by atoms with Gasteiger partial charge in [0, 0.05) is 26.2 Å². The summed E-state index contributed by atoms with van der Waals surface area (Å²) in [5.41, 5.74) is 0.610. The molecule has 36 heavy (non-hydrogen) atoms. The van der Waals surface area contributed by atoms with Crippen LogP contribution in [0.3, 0.4) is 0 Å². The van der Waals surface area contributed by atoms with Gasteiger partial charge in [0.2, 0.25) is 11.8 Å². The van der Waals surface area contributed by atoms with Gasteiger partial charge in [0.25, 0.3) is 0 Å². The fourth-order valence-corrected chi connectivity index (χ4v) is 4.71. The van der Waals surface area contributed by atoms with Gasteiger partial charge < -0.3 is 15.0 Å². The van der Waals surface area contributed by atoms with Crippen molar-refractivity contribution in [1.82, 2.24) is 14.5 Å². The van der Waals surface area contributed by atoms with E-state index in [9.17, 15) is 18.0 Å². The predicted molar refractivity (Wildman–Crippen MR) is 142 cm³/mol. The van der Waals surface area contributed by atoms with Crippen LogP contribution in [0.25, 0.3) is 0 Å². The molecule has 0 aliphatic heterocycles. The summed E-state index contributed by atoms with van der Waals surface area (Å²) in [5.74, 6) is -0.181. The molecule has 1 unspecified atom stereocenters. The molecule has 0 spiro atoms. The Kier molecular flexibility index (Phi) is 9.89. The molecule has 0 heterocycles. The molecule has 0 aromatic heterocycles. The smallest absolute Gasteiger partial charge is 0.304 e. The summed E-state index contributed by atoms with van der Waals surface area (Å²) in [6.07, 6.45) is 0.351. The van der Waals surface area contributed by atoms with E-state index in [1.54, 1.807) is 55.6 Å². The number of ether oxygens (including phenoxy) is 1. The second-order valence-corrected chi connectivity index (χ2v) is 11.7. The Hall–Kier alpha value is -3.11. The molecule has 2 amide bonds. The van der Waals surface area contributed by atoms with Crippen LogP contribution in [0, 0.1) is 0 Å². The maximum absolute atomic E-state index is 13.8. The summed E-state index contributed by atoms with van der Waals surface area (Å²) in [6, 6.07) is 14.9. The zero-order valence-electron chi connectivity index (χ0n) is 22.2. The topological polar surface area (TPSA) is 99.3 Å². The molecule has 0 aliphatic carbocycles. The summed E-state index contributed by atoms with van der Waals surface area (Å²) < 4.78 is 33.8. The molecule has 0 aliphatic rings. The minimum Gasteiger partial charge on any atom is -0.497 e. The molecule has 0 saturated carbocycles. The lowest BCUT2D eigenvalue weighted by molar-refractivity contribution is -0.141. The number of nitrogens with one attached hydrogen (secondary N) is 1. The van der Waals surface area contributed by atoms with Crippen molar-refractivity contribution in [2.75, 3.05) is 32.1 Å². The first-order valence-electron chi connectivity index (χ1n) is 11.8. The average Bonchev–Trinajstić information content (AvgIpc) is 2.81. The Morgan fingerprint density at radius 3 is 2.19 bits per heavy atom. The quantitative estimate of drug-likeness (QED) is 0.493. The van der Waals surface area contributed by atoms with E-state index in [0.29, 0.717) is 17.9 Å². The molecule has 198 valence electrons. The van der Waals surface area contributed by atoms with E-state index in [2.05, 4.69) is 5.32 Å². The van der Waals surface area contributed by atoms with Gasteiger partial charge in [-0.2, -0.15) is 12.7 Å². The zero-order valence-corrected chi connectivity index (χ0v) is 23.0. The third-order valence-electron chi connectivity index (χ3n) is 5.43. The van der Waals surface area contributed by atoms with Crippen molar-refractivity contribution in [1.29, 1.82) is 0 Å². The molecule has 2 aromatic carbocycles. The van der Waals surface area contributed by atoms with Gasteiger partial charge in [-0.15, -0.1) is 0 Å². The van der Waals surface area contributed by atoms with Crippen LogP contribution in [0.5, 0.6) is 5.75 Å². The summed E-state index contributed by atoms with van der Waals surface area (Å²) in [7, 11) is 0.390. The second-order valence-electron chi connectivity index (χ2n) is 9.67. The van der Waals surface area contributed by atoms with Crippen LogP contribution in [0.4, 0.5) is 5.69 Å². The van der Waals surface area contributed by atoms with Crippen molar-refractivity contribution in [3.63, 3.8) is 0 Å². The van der Waals surface area contributed by atoms with Gasteiger partial charge in [-0.1, -0.05) is 37.3 Å². The van der Waals surface area contributed by atoms with Crippen molar-refractivity contribution < 1.29 is 22.7 Å². The highest BCUT2D eigenvalue weighted by molar-refractivity contribution is 7.90. The summed E-state index contributed by atoms with van der Waals surface area (Å²) in [6.45, 7) is 7.07. The number of anilines is 1. The van der Waals surface area contributed by atoms with Crippen molar-refractivity contribution in [2.45, 2.75) is 52.2 Å². The number of para-hydroxylation sites is 1. The molecular formula is C26H38N4O5S. The molecule has 2 aromatic rings. The van der Waals surface area contributed by atoms with E-state index in [0.717, 1.165) is 14.2 Å². The molecule has 2 rings (SSSR count). The van der Waals surface area contributed by atoms with Gasteiger partial charge in [-0.3, -0.25) is 9.59 Å². The maximum Gasteiger partial charge on any atom is 0.304 e. The molecule has 0 fully saturated rings. The summed E-state index contributed by atoms with van der Waals surface area (Å²) in [4.78, 5) is 28.5. The molecule has 0 saturated heterocycles. The Bertz CT molecular complexity index is 1130. The van der Waals surface area contributed by atoms with Crippen LogP contribution in [0.15, 0.2) is 54.6 Å². The van der Waals surface area contributed by atoms with Crippen LogP contribution in [0.2, 0.25) is 0 Å². The standard InChI is InChI=1S/C26H38N4O5S/c1-8-23(25(32)27-26(2,3)4)29(18-20-13-12-16-22(17-20)35-7)24(31)19-30(36(33,34)28(5)6)21-14-10-9-11-15-21/h9-17,23H,8,18-19H2,1-7H3,(H,27,32). The summed E-state index contributed by atoms with van der Waals surface area (Å²) >= 11 is 0. The van der Waals surface area contributed by atoms with E-state index in [1.807, 2.05) is 33.8 Å². The number of amides is 2. The van der Waals surface area contributed by atoms with Gasteiger partial charge in [0.05, 0.1) is 12.8 Å². The lowest BCUT2D eigenvalue weighted by atomic mass is 10.1. The third-order valence-corrected chi connectivity index (χ3v) is 7.25. The number of carbonyl (C=O) groups is 2.